The summed E-state index contributed by atoms with van der Waals surface area (Å²) in [6.07, 6.45) is 5.37. The molecule has 3 unspecified atom stereocenters. The van der Waals surface area contributed by atoms with E-state index < -0.39 is 0 Å². The lowest BCUT2D eigenvalue weighted by atomic mass is 9.72. The second-order valence-electron chi connectivity index (χ2n) is 6.54. The van der Waals surface area contributed by atoms with Crippen LogP contribution in [0.15, 0.2) is 6.07 Å². The van der Waals surface area contributed by atoms with Crippen molar-refractivity contribution in [3.05, 3.63) is 17.5 Å². The zero-order valence-electron chi connectivity index (χ0n) is 13.7. The van der Waals surface area contributed by atoms with E-state index in [9.17, 15) is 0 Å². The van der Waals surface area contributed by atoms with Gasteiger partial charge in [-0.05, 0) is 70.0 Å². The summed E-state index contributed by atoms with van der Waals surface area (Å²) in [6, 6.07) is 2.28. The van der Waals surface area contributed by atoms with E-state index in [1.54, 1.807) is 0 Å². The number of nitrogens with zero attached hydrogens (tertiary/aromatic N) is 2. The molecule has 1 saturated carbocycles. The van der Waals surface area contributed by atoms with Crippen molar-refractivity contribution in [2.45, 2.75) is 59.9 Å². The summed E-state index contributed by atoms with van der Waals surface area (Å²) in [7, 11) is 0. The third kappa shape index (κ3) is 3.85. The van der Waals surface area contributed by atoms with E-state index in [0.717, 1.165) is 36.5 Å². The van der Waals surface area contributed by atoms with Crippen LogP contribution < -0.4 is 5.32 Å². The molecule has 0 radical (unpaired) electrons. The third-order valence-electron chi connectivity index (χ3n) is 4.81. The van der Waals surface area contributed by atoms with Crippen LogP contribution in [0.5, 0.6) is 0 Å². The number of hydrogen-bond acceptors (Lipinski definition) is 2. The van der Waals surface area contributed by atoms with E-state index >= 15 is 0 Å². The molecule has 0 aromatic carbocycles. The van der Waals surface area contributed by atoms with E-state index in [1.807, 2.05) is 0 Å². The summed E-state index contributed by atoms with van der Waals surface area (Å²) in [4.78, 5) is 0. The molecule has 1 aromatic heterocycles. The molecule has 20 heavy (non-hydrogen) atoms. The van der Waals surface area contributed by atoms with Gasteiger partial charge < -0.3 is 5.32 Å². The molecule has 0 spiro atoms. The van der Waals surface area contributed by atoms with Crippen LogP contribution in [0.2, 0.25) is 0 Å². The standard InChI is InChI=1S/C17H31N3/c1-5-18-12-15-8-7-13(3)9-16(15)11-17-10-14(4)19-20(17)6-2/h10,13,15-16,18H,5-9,11-12H2,1-4H3. The SMILES string of the molecule is CCNCC1CCC(C)CC1Cc1cc(C)nn1CC. The van der Waals surface area contributed by atoms with Crippen molar-refractivity contribution < 1.29 is 0 Å². The number of nitrogens with one attached hydrogen (secondary N) is 1. The first-order valence-corrected chi connectivity index (χ1v) is 8.38. The first kappa shape index (κ1) is 15.6. The Morgan fingerprint density at radius 3 is 2.80 bits per heavy atom. The Bertz CT molecular complexity index is 408. The van der Waals surface area contributed by atoms with Gasteiger partial charge in [-0.3, -0.25) is 4.68 Å². The van der Waals surface area contributed by atoms with Gasteiger partial charge >= 0.3 is 0 Å². The molecular formula is C17H31N3. The Hall–Kier alpha value is -0.830. The Labute approximate surface area is 124 Å². The maximum Gasteiger partial charge on any atom is 0.0596 e. The van der Waals surface area contributed by atoms with Crippen LogP contribution in [0.25, 0.3) is 0 Å². The van der Waals surface area contributed by atoms with Crippen LogP contribution in [0.4, 0.5) is 0 Å². The zero-order chi connectivity index (χ0) is 14.5. The van der Waals surface area contributed by atoms with Gasteiger partial charge in [-0.2, -0.15) is 5.10 Å². The van der Waals surface area contributed by atoms with Crippen LogP contribution in [-0.2, 0) is 13.0 Å². The minimum absolute atomic E-state index is 0.819. The molecule has 1 aromatic rings. The normalized spacial score (nSPS) is 26.9. The minimum Gasteiger partial charge on any atom is -0.317 e. The maximum absolute atomic E-state index is 4.60. The fourth-order valence-electron chi connectivity index (χ4n) is 3.72. The molecular weight excluding hydrogens is 246 g/mol. The van der Waals surface area contributed by atoms with Gasteiger partial charge in [0.25, 0.3) is 0 Å². The topological polar surface area (TPSA) is 29.9 Å². The van der Waals surface area contributed by atoms with Gasteiger partial charge in [0, 0.05) is 12.2 Å². The summed E-state index contributed by atoms with van der Waals surface area (Å²) >= 11 is 0. The van der Waals surface area contributed by atoms with Gasteiger partial charge in [0.1, 0.15) is 0 Å². The molecule has 1 heterocycles. The fraction of sp³-hybridized carbons (Fsp3) is 0.824. The molecule has 1 aliphatic rings. The maximum atomic E-state index is 4.60. The van der Waals surface area contributed by atoms with Crippen LogP contribution >= 0.6 is 0 Å². The Morgan fingerprint density at radius 2 is 2.10 bits per heavy atom. The smallest absolute Gasteiger partial charge is 0.0596 e. The summed E-state index contributed by atoms with van der Waals surface area (Å²) in [5.74, 6) is 2.54. The van der Waals surface area contributed by atoms with Crippen molar-refractivity contribution in [2.24, 2.45) is 17.8 Å². The van der Waals surface area contributed by atoms with Gasteiger partial charge in [-0.15, -0.1) is 0 Å². The molecule has 1 fully saturated rings. The van der Waals surface area contributed by atoms with Gasteiger partial charge in [0.15, 0.2) is 0 Å². The molecule has 2 rings (SSSR count). The lowest BCUT2D eigenvalue weighted by Crippen LogP contribution is -2.34. The molecule has 1 N–H and O–H groups in total. The Morgan fingerprint density at radius 1 is 1.30 bits per heavy atom. The van der Waals surface area contributed by atoms with Crippen molar-refractivity contribution in [3.63, 3.8) is 0 Å². The second-order valence-corrected chi connectivity index (χ2v) is 6.54. The Balaban J connectivity index is 2.05. The lowest BCUT2D eigenvalue weighted by Gasteiger charge is -2.35. The van der Waals surface area contributed by atoms with Crippen LogP contribution in [0.3, 0.4) is 0 Å². The summed E-state index contributed by atoms with van der Waals surface area (Å²) in [5, 5.41) is 8.16. The lowest BCUT2D eigenvalue weighted by molar-refractivity contribution is 0.182. The van der Waals surface area contributed by atoms with E-state index in [1.165, 1.54) is 37.9 Å². The van der Waals surface area contributed by atoms with Crippen molar-refractivity contribution in [3.8, 4) is 0 Å². The monoisotopic (exact) mass is 277 g/mol. The van der Waals surface area contributed by atoms with Crippen molar-refractivity contribution in [1.82, 2.24) is 15.1 Å². The summed E-state index contributed by atoms with van der Waals surface area (Å²) in [6.45, 7) is 12.2. The first-order valence-electron chi connectivity index (χ1n) is 8.38. The van der Waals surface area contributed by atoms with Crippen LogP contribution in [0, 0.1) is 24.7 Å². The largest absolute Gasteiger partial charge is 0.317 e. The predicted molar refractivity (Wildman–Crippen MR) is 84.9 cm³/mol. The quantitative estimate of drug-likeness (QED) is 0.863. The number of aromatic nitrogens is 2. The average molecular weight is 277 g/mol. The van der Waals surface area contributed by atoms with Gasteiger partial charge in [-0.1, -0.05) is 20.3 Å². The highest BCUT2D eigenvalue weighted by Gasteiger charge is 2.29. The van der Waals surface area contributed by atoms with Crippen molar-refractivity contribution in [2.75, 3.05) is 13.1 Å². The molecule has 1 aliphatic carbocycles. The van der Waals surface area contributed by atoms with E-state index in [4.69, 9.17) is 0 Å². The third-order valence-corrected chi connectivity index (χ3v) is 4.81. The number of hydrogen-bond donors (Lipinski definition) is 1. The summed E-state index contributed by atoms with van der Waals surface area (Å²) in [5.41, 5.74) is 2.60. The van der Waals surface area contributed by atoms with Crippen LogP contribution in [-0.4, -0.2) is 22.9 Å². The molecule has 0 amide bonds. The number of rotatable bonds is 6. The van der Waals surface area contributed by atoms with Gasteiger partial charge in [-0.25, -0.2) is 0 Å². The highest BCUT2D eigenvalue weighted by molar-refractivity contribution is 5.10. The molecule has 3 atom stereocenters. The van der Waals surface area contributed by atoms with Gasteiger partial charge in [0.2, 0.25) is 0 Å². The van der Waals surface area contributed by atoms with Crippen molar-refractivity contribution >= 4 is 0 Å². The highest BCUT2D eigenvalue weighted by Crippen LogP contribution is 2.35. The molecule has 3 nitrogen and oxygen atoms in total. The molecule has 0 aliphatic heterocycles. The van der Waals surface area contributed by atoms with Gasteiger partial charge in [0.05, 0.1) is 5.69 Å². The highest BCUT2D eigenvalue weighted by atomic mass is 15.3. The zero-order valence-corrected chi connectivity index (χ0v) is 13.7. The second kappa shape index (κ2) is 7.26. The van der Waals surface area contributed by atoms with Crippen LogP contribution in [0.1, 0.15) is 51.4 Å². The molecule has 0 bridgehead atoms. The fourth-order valence-corrected chi connectivity index (χ4v) is 3.72. The first-order chi connectivity index (χ1) is 9.63. The van der Waals surface area contributed by atoms with E-state index in [0.29, 0.717) is 0 Å². The summed E-state index contributed by atoms with van der Waals surface area (Å²) < 4.78 is 2.19. The predicted octanol–water partition coefficient (Wildman–Crippen LogP) is 3.42. The molecule has 3 heteroatoms. The number of aryl methyl sites for hydroxylation is 2. The Kier molecular flexibility index (Phi) is 5.64. The minimum atomic E-state index is 0.819. The van der Waals surface area contributed by atoms with Crippen molar-refractivity contribution in [1.29, 1.82) is 0 Å². The molecule has 114 valence electrons. The van der Waals surface area contributed by atoms with E-state index in [2.05, 4.69) is 48.9 Å². The average Bonchev–Trinajstić information content (AvgIpc) is 2.78. The molecule has 0 saturated heterocycles. The van der Waals surface area contributed by atoms with E-state index in [-0.39, 0.29) is 0 Å².